The van der Waals surface area contributed by atoms with E-state index in [1.165, 1.54) is 64.7 Å². The first-order chi connectivity index (χ1) is 8.59. The van der Waals surface area contributed by atoms with Crippen LogP contribution in [-0.2, 0) is 0 Å². The minimum Gasteiger partial charge on any atom is -0.316 e. The molecule has 0 aromatic heterocycles. The Hall–Kier alpha value is -0.0800. The molecule has 0 bridgehead atoms. The fraction of sp³-hybridized carbons (Fsp3) is 1.00. The van der Waals surface area contributed by atoms with Gasteiger partial charge >= 0.3 is 0 Å². The van der Waals surface area contributed by atoms with Crippen LogP contribution in [0.3, 0.4) is 0 Å². The fourth-order valence-electron chi connectivity index (χ4n) is 3.75. The maximum Gasteiger partial charge on any atom is 0.00979 e. The third kappa shape index (κ3) is 3.96. The molecule has 2 fully saturated rings. The lowest BCUT2D eigenvalue weighted by molar-refractivity contribution is 0.117. The molecule has 1 N–H and O–H groups in total. The van der Waals surface area contributed by atoms with Gasteiger partial charge in [-0.3, -0.25) is 4.90 Å². The third-order valence-electron chi connectivity index (χ3n) is 4.78. The highest BCUT2D eigenvalue weighted by molar-refractivity contribution is 4.89. The molecule has 2 aliphatic rings. The monoisotopic (exact) mass is 252 g/mol. The maximum atomic E-state index is 3.55. The summed E-state index contributed by atoms with van der Waals surface area (Å²) in [5, 5.41) is 3.55. The third-order valence-corrected chi connectivity index (χ3v) is 4.78. The highest BCUT2D eigenvalue weighted by atomic mass is 15.2. The molecule has 2 aliphatic heterocycles. The zero-order valence-corrected chi connectivity index (χ0v) is 12.7. The Morgan fingerprint density at radius 1 is 1.28 bits per heavy atom. The van der Waals surface area contributed by atoms with Gasteiger partial charge in [0.2, 0.25) is 0 Å². The molecular weight excluding hydrogens is 220 g/mol. The van der Waals surface area contributed by atoms with Crippen molar-refractivity contribution in [2.75, 3.05) is 26.2 Å². The topological polar surface area (TPSA) is 15.3 Å². The molecule has 0 aromatic carbocycles. The summed E-state index contributed by atoms with van der Waals surface area (Å²) in [5.74, 6) is 0.838. The molecule has 2 rings (SSSR count). The summed E-state index contributed by atoms with van der Waals surface area (Å²) in [7, 11) is 0. The molecule has 2 nitrogen and oxygen atoms in total. The van der Waals surface area contributed by atoms with Gasteiger partial charge in [-0.15, -0.1) is 0 Å². The highest BCUT2D eigenvalue weighted by Crippen LogP contribution is 2.30. The summed E-state index contributed by atoms with van der Waals surface area (Å²) in [5.41, 5.74) is 0.527. The molecule has 106 valence electrons. The summed E-state index contributed by atoms with van der Waals surface area (Å²) in [6.45, 7) is 12.3. The molecule has 0 spiro atoms. The zero-order valence-electron chi connectivity index (χ0n) is 12.7. The van der Waals surface area contributed by atoms with E-state index in [1.54, 1.807) is 0 Å². The van der Waals surface area contributed by atoms with E-state index in [9.17, 15) is 0 Å². The van der Waals surface area contributed by atoms with Crippen LogP contribution in [0.2, 0.25) is 0 Å². The van der Waals surface area contributed by atoms with Crippen molar-refractivity contribution >= 4 is 0 Å². The van der Waals surface area contributed by atoms with E-state index in [2.05, 4.69) is 31.0 Å². The number of hydrogen-bond donors (Lipinski definition) is 1. The van der Waals surface area contributed by atoms with Crippen molar-refractivity contribution < 1.29 is 0 Å². The van der Waals surface area contributed by atoms with Crippen LogP contribution in [0, 0.1) is 11.3 Å². The SMILES string of the molecule is CC(C)CC1CCCCCN1CC1(C)CCNC1. The van der Waals surface area contributed by atoms with Crippen LogP contribution in [0.4, 0.5) is 0 Å². The maximum absolute atomic E-state index is 3.55. The lowest BCUT2D eigenvalue weighted by atomic mass is 9.87. The Morgan fingerprint density at radius 3 is 2.78 bits per heavy atom. The molecule has 0 aromatic rings. The molecule has 0 radical (unpaired) electrons. The van der Waals surface area contributed by atoms with Gasteiger partial charge in [0.1, 0.15) is 0 Å². The predicted octanol–water partition coefficient (Wildman–Crippen LogP) is 3.28. The number of rotatable bonds is 4. The van der Waals surface area contributed by atoms with E-state index in [-0.39, 0.29) is 0 Å². The van der Waals surface area contributed by atoms with Gasteiger partial charge in [-0.05, 0) is 50.1 Å². The van der Waals surface area contributed by atoms with Crippen LogP contribution in [0.15, 0.2) is 0 Å². The van der Waals surface area contributed by atoms with Gasteiger partial charge < -0.3 is 5.32 Å². The second kappa shape index (κ2) is 6.38. The number of nitrogens with one attached hydrogen (secondary N) is 1. The fourth-order valence-corrected chi connectivity index (χ4v) is 3.75. The van der Waals surface area contributed by atoms with E-state index in [1.807, 2.05) is 0 Å². The van der Waals surface area contributed by atoms with Gasteiger partial charge in [0.25, 0.3) is 0 Å². The van der Waals surface area contributed by atoms with Crippen molar-refractivity contribution in [2.24, 2.45) is 11.3 Å². The molecule has 2 unspecified atom stereocenters. The second-order valence-corrected chi connectivity index (χ2v) is 7.34. The molecule has 2 saturated heterocycles. The molecule has 2 atom stereocenters. The first-order valence-electron chi connectivity index (χ1n) is 8.04. The summed E-state index contributed by atoms with van der Waals surface area (Å²) in [4.78, 5) is 2.83. The standard InChI is InChI=1S/C16H32N2/c1-14(2)11-15-7-5-4-6-10-18(15)13-16(3)8-9-17-12-16/h14-15,17H,4-13H2,1-3H3. The van der Waals surface area contributed by atoms with Crippen LogP contribution >= 0.6 is 0 Å². The predicted molar refractivity (Wildman–Crippen MR) is 78.9 cm³/mol. The Balaban J connectivity index is 1.96. The molecule has 0 saturated carbocycles. The summed E-state index contributed by atoms with van der Waals surface area (Å²) >= 11 is 0. The number of nitrogens with zero attached hydrogens (tertiary/aromatic N) is 1. The normalized spacial score (nSPS) is 35.0. The van der Waals surface area contributed by atoms with Crippen molar-refractivity contribution in [2.45, 2.75) is 65.3 Å². The van der Waals surface area contributed by atoms with Gasteiger partial charge in [0.15, 0.2) is 0 Å². The average molecular weight is 252 g/mol. The van der Waals surface area contributed by atoms with Gasteiger partial charge in [0.05, 0.1) is 0 Å². The smallest absolute Gasteiger partial charge is 0.00979 e. The molecule has 18 heavy (non-hydrogen) atoms. The van der Waals surface area contributed by atoms with E-state index < -0.39 is 0 Å². The van der Waals surface area contributed by atoms with E-state index >= 15 is 0 Å². The quantitative estimate of drug-likeness (QED) is 0.826. The molecule has 0 aliphatic carbocycles. The second-order valence-electron chi connectivity index (χ2n) is 7.34. The Labute approximate surface area is 114 Å². The van der Waals surface area contributed by atoms with Crippen molar-refractivity contribution in [1.29, 1.82) is 0 Å². The zero-order chi connectivity index (χ0) is 13.0. The van der Waals surface area contributed by atoms with E-state index in [0.717, 1.165) is 12.0 Å². The Morgan fingerprint density at radius 2 is 2.11 bits per heavy atom. The molecule has 0 amide bonds. The lowest BCUT2D eigenvalue weighted by Crippen LogP contribution is -2.43. The van der Waals surface area contributed by atoms with Gasteiger partial charge in [0, 0.05) is 19.1 Å². The first-order valence-corrected chi connectivity index (χ1v) is 8.04. The summed E-state index contributed by atoms with van der Waals surface area (Å²) in [6, 6.07) is 0.852. The van der Waals surface area contributed by atoms with E-state index in [0.29, 0.717) is 5.41 Å². The van der Waals surface area contributed by atoms with Crippen molar-refractivity contribution in [3.63, 3.8) is 0 Å². The van der Waals surface area contributed by atoms with Gasteiger partial charge in [-0.2, -0.15) is 0 Å². The van der Waals surface area contributed by atoms with Crippen LogP contribution in [-0.4, -0.2) is 37.1 Å². The Bertz CT molecular complexity index is 243. The number of hydrogen-bond acceptors (Lipinski definition) is 2. The van der Waals surface area contributed by atoms with Crippen molar-refractivity contribution in [3.05, 3.63) is 0 Å². The van der Waals surface area contributed by atoms with Crippen LogP contribution in [0.1, 0.15) is 59.3 Å². The Kier molecular flexibility index (Phi) is 5.08. The highest BCUT2D eigenvalue weighted by Gasteiger charge is 2.33. The summed E-state index contributed by atoms with van der Waals surface area (Å²) in [6.07, 6.45) is 8.49. The average Bonchev–Trinajstić information content (AvgIpc) is 2.61. The molecule has 2 heterocycles. The lowest BCUT2D eigenvalue weighted by Gasteiger charge is -2.37. The van der Waals surface area contributed by atoms with Crippen molar-refractivity contribution in [1.82, 2.24) is 10.2 Å². The van der Waals surface area contributed by atoms with Crippen LogP contribution in [0.25, 0.3) is 0 Å². The van der Waals surface area contributed by atoms with Gasteiger partial charge in [-0.25, -0.2) is 0 Å². The van der Waals surface area contributed by atoms with Gasteiger partial charge in [-0.1, -0.05) is 33.6 Å². The minimum absolute atomic E-state index is 0.527. The van der Waals surface area contributed by atoms with Crippen LogP contribution < -0.4 is 5.32 Å². The van der Waals surface area contributed by atoms with Crippen LogP contribution in [0.5, 0.6) is 0 Å². The summed E-state index contributed by atoms with van der Waals surface area (Å²) < 4.78 is 0. The first kappa shape index (κ1) is 14.3. The van der Waals surface area contributed by atoms with Crippen molar-refractivity contribution in [3.8, 4) is 0 Å². The van der Waals surface area contributed by atoms with E-state index in [4.69, 9.17) is 0 Å². The largest absolute Gasteiger partial charge is 0.316 e. The molecular formula is C16H32N2. The molecule has 2 heteroatoms. The minimum atomic E-state index is 0.527. The number of likely N-dealkylation sites (tertiary alicyclic amines) is 1.